The Balaban J connectivity index is 2.35. The molecule has 0 unspecified atom stereocenters. The normalized spacial score (nSPS) is 12.0. The Bertz CT molecular complexity index is 987. The zero-order chi connectivity index (χ0) is 16.1. The average Bonchev–Trinajstić information content (AvgIpc) is 2.78. The molecule has 0 saturated heterocycles. The van der Waals surface area contributed by atoms with Gasteiger partial charge < -0.3 is 4.57 Å². The lowest BCUT2D eigenvalue weighted by molar-refractivity contribution is 0.596. The van der Waals surface area contributed by atoms with Gasteiger partial charge in [-0.1, -0.05) is 28.1 Å². The molecule has 3 aromatic rings. The van der Waals surface area contributed by atoms with Gasteiger partial charge in [0.25, 0.3) is 0 Å². The van der Waals surface area contributed by atoms with E-state index in [1.54, 1.807) is 18.3 Å². The molecule has 0 radical (unpaired) electrons. The first-order valence-corrected chi connectivity index (χ1v) is 9.16. The van der Waals surface area contributed by atoms with Crippen molar-refractivity contribution >= 4 is 36.7 Å². The molecule has 0 N–H and O–H groups in total. The summed E-state index contributed by atoms with van der Waals surface area (Å²) in [5, 5.41) is 0.798. The molecule has 0 atom stereocenters. The molecule has 114 valence electrons. The zero-order valence-corrected chi connectivity index (χ0v) is 15.0. The van der Waals surface area contributed by atoms with E-state index in [0.29, 0.717) is 9.79 Å². The number of hydrogen-bond acceptors (Lipinski definition) is 2. The maximum atomic E-state index is 13.1. The minimum atomic E-state index is -3.56. The lowest BCUT2D eigenvalue weighted by Crippen LogP contribution is -2.04. The van der Waals surface area contributed by atoms with Crippen molar-refractivity contribution in [2.24, 2.45) is 7.05 Å². The standard InChI is InChI=1S/C17H16BrNO2S/c1-11-5-4-6-14-17(11)16(10-19(14)3)22(20,21)15-8-7-13(18)9-12(15)2/h4-10H,1-3H3. The van der Waals surface area contributed by atoms with E-state index in [1.165, 1.54) is 0 Å². The highest BCUT2D eigenvalue weighted by Gasteiger charge is 2.25. The Labute approximate surface area is 138 Å². The molecule has 1 heterocycles. The molecule has 0 fully saturated rings. The van der Waals surface area contributed by atoms with Gasteiger partial charge in [-0.2, -0.15) is 0 Å². The monoisotopic (exact) mass is 377 g/mol. The van der Waals surface area contributed by atoms with Gasteiger partial charge in [0, 0.05) is 28.6 Å². The van der Waals surface area contributed by atoms with Gasteiger partial charge in [-0.15, -0.1) is 0 Å². The van der Waals surface area contributed by atoms with Crippen molar-refractivity contribution in [3.63, 3.8) is 0 Å². The van der Waals surface area contributed by atoms with E-state index in [4.69, 9.17) is 0 Å². The van der Waals surface area contributed by atoms with E-state index >= 15 is 0 Å². The lowest BCUT2D eigenvalue weighted by Gasteiger charge is -2.08. The number of benzene rings is 2. The zero-order valence-electron chi connectivity index (χ0n) is 12.6. The molecule has 2 aromatic carbocycles. The van der Waals surface area contributed by atoms with E-state index in [9.17, 15) is 8.42 Å². The highest BCUT2D eigenvalue weighted by Crippen LogP contribution is 2.33. The van der Waals surface area contributed by atoms with Crippen LogP contribution in [0.25, 0.3) is 10.9 Å². The van der Waals surface area contributed by atoms with E-state index in [0.717, 1.165) is 26.5 Å². The summed E-state index contributed by atoms with van der Waals surface area (Å²) in [6.45, 7) is 3.76. The van der Waals surface area contributed by atoms with E-state index < -0.39 is 9.84 Å². The molecule has 3 nitrogen and oxygen atoms in total. The Kier molecular flexibility index (Phi) is 3.65. The van der Waals surface area contributed by atoms with Crippen LogP contribution in [0.5, 0.6) is 0 Å². The molecular formula is C17H16BrNO2S. The Morgan fingerprint density at radius 2 is 1.73 bits per heavy atom. The van der Waals surface area contributed by atoms with Gasteiger partial charge >= 0.3 is 0 Å². The number of fused-ring (bicyclic) bond motifs is 1. The quantitative estimate of drug-likeness (QED) is 0.664. The highest BCUT2D eigenvalue weighted by atomic mass is 79.9. The van der Waals surface area contributed by atoms with Crippen LogP contribution < -0.4 is 0 Å². The van der Waals surface area contributed by atoms with Crippen LogP contribution in [-0.4, -0.2) is 13.0 Å². The second-order valence-corrected chi connectivity index (χ2v) is 8.29. The number of halogens is 1. The van der Waals surface area contributed by atoms with Crippen LogP contribution in [0.1, 0.15) is 11.1 Å². The maximum Gasteiger partial charge on any atom is 0.208 e. The molecule has 0 spiro atoms. The third kappa shape index (κ3) is 2.29. The minimum Gasteiger partial charge on any atom is -0.349 e. The Morgan fingerprint density at radius 1 is 1.00 bits per heavy atom. The molecule has 0 aliphatic heterocycles. The van der Waals surface area contributed by atoms with Crippen LogP contribution in [0.15, 0.2) is 56.9 Å². The third-order valence-corrected chi connectivity index (χ3v) is 6.32. The van der Waals surface area contributed by atoms with Gasteiger partial charge in [0.05, 0.1) is 9.79 Å². The Hall–Kier alpha value is -1.59. The first-order chi connectivity index (χ1) is 10.3. The number of aromatic nitrogens is 1. The van der Waals surface area contributed by atoms with E-state index in [2.05, 4.69) is 15.9 Å². The molecule has 0 aliphatic rings. The van der Waals surface area contributed by atoms with Crippen LogP contribution in [0.3, 0.4) is 0 Å². The average molecular weight is 378 g/mol. The summed E-state index contributed by atoms with van der Waals surface area (Å²) in [5.74, 6) is 0. The first kappa shape index (κ1) is 15.3. The largest absolute Gasteiger partial charge is 0.349 e. The summed E-state index contributed by atoms with van der Waals surface area (Å²) < 4.78 is 29.0. The van der Waals surface area contributed by atoms with E-state index in [-0.39, 0.29) is 0 Å². The molecule has 0 amide bonds. The molecule has 22 heavy (non-hydrogen) atoms. The summed E-state index contributed by atoms with van der Waals surface area (Å²) in [4.78, 5) is 0.722. The van der Waals surface area contributed by atoms with Gasteiger partial charge in [-0.05, 0) is 49.2 Å². The van der Waals surface area contributed by atoms with Crippen LogP contribution in [-0.2, 0) is 16.9 Å². The van der Waals surface area contributed by atoms with Crippen LogP contribution in [0.4, 0.5) is 0 Å². The fourth-order valence-electron chi connectivity index (χ4n) is 2.81. The minimum absolute atomic E-state index is 0.353. The second kappa shape index (κ2) is 5.25. The molecule has 0 saturated carbocycles. The smallest absolute Gasteiger partial charge is 0.208 e. The number of rotatable bonds is 2. The van der Waals surface area contributed by atoms with Crippen molar-refractivity contribution < 1.29 is 8.42 Å². The highest BCUT2D eigenvalue weighted by molar-refractivity contribution is 9.10. The fourth-order valence-corrected chi connectivity index (χ4v) is 5.09. The second-order valence-electron chi connectivity index (χ2n) is 5.49. The molecule has 0 aliphatic carbocycles. The predicted octanol–water partition coefficient (Wildman–Crippen LogP) is 4.39. The van der Waals surface area contributed by atoms with Crippen molar-refractivity contribution in [3.8, 4) is 0 Å². The van der Waals surface area contributed by atoms with Crippen LogP contribution >= 0.6 is 15.9 Å². The van der Waals surface area contributed by atoms with Crippen molar-refractivity contribution in [1.82, 2.24) is 4.57 Å². The van der Waals surface area contributed by atoms with Crippen LogP contribution in [0, 0.1) is 13.8 Å². The Morgan fingerprint density at radius 3 is 2.41 bits per heavy atom. The van der Waals surface area contributed by atoms with Gasteiger partial charge in [0.15, 0.2) is 0 Å². The van der Waals surface area contributed by atoms with Gasteiger partial charge in [0.1, 0.15) is 0 Å². The summed E-state index contributed by atoms with van der Waals surface area (Å²) in [6.07, 6.45) is 1.70. The number of nitrogens with zero attached hydrogens (tertiary/aromatic N) is 1. The van der Waals surface area contributed by atoms with Gasteiger partial charge in [-0.3, -0.25) is 0 Å². The lowest BCUT2D eigenvalue weighted by atomic mass is 10.1. The maximum absolute atomic E-state index is 13.1. The number of aryl methyl sites for hydroxylation is 3. The molecule has 5 heteroatoms. The summed E-state index contributed by atoms with van der Waals surface area (Å²) in [6, 6.07) is 11.1. The van der Waals surface area contributed by atoms with Gasteiger partial charge in [-0.25, -0.2) is 8.42 Å². The summed E-state index contributed by atoms with van der Waals surface area (Å²) in [7, 11) is -1.69. The van der Waals surface area contributed by atoms with Crippen molar-refractivity contribution in [2.75, 3.05) is 0 Å². The summed E-state index contributed by atoms with van der Waals surface area (Å²) in [5.41, 5.74) is 2.62. The predicted molar refractivity (Wildman–Crippen MR) is 92.0 cm³/mol. The van der Waals surface area contributed by atoms with Crippen LogP contribution in [0.2, 0.25) is 0 Å². The molecule has 3 rings (SSSR count). The van der Waals surface area contributed by atoms with E-state index in [1.807, 2.05) is 49.7 Å². The SMILES string of the molecule is Cc1cc(Br)ccc1S(=O)(=O)c1cn(C)c2cccc(C)c12. The van der Waals surface area contributed by atoms with Gasteiger partial charge in [0.2, 0.25) is 9.84 Å². The van der Waals surface area contributed by atoms with Crippen molar-refractivity contribution in [3.05, 3.63) is 58.2 Å². The summed E-state index contributed by atoms with van der Waals surface area (Å²) >= 11 is 3.38. The first-order valence-electron chi connectivity index (χ1n) is 6.88. The van der Waals surface area contributed by atoms with Crippen molar-refractivity contribution in [1.29, 1.82) is 0 Å². The topological polar surface area (TPSA) is 39.1 Å². The number of sulfone groups is 1. The number of hydrogen-bond donors (Lipinski definition) is 0. The third-order valence-electron chi connectivity index (χ3n) is 3.90. The molecular weight excluding hydrogens is 362 g/mol. The fraction of sp³-hybridized carbons (Fsp3) is 0.176. The molecule has 0 bridgehead atoms. The van der Waals surface area contributed by atoms with Crippen molar-refractivity contribution in [2.45, 2.75) is 23.6 Å². The molecule has 1 aromatic heterocycles.